The van der Waals surface area contributed by atoms with E-state index in [1.807, 2.05) is 29.9 Å². The van der Waals surface area contributed by atoms with E-state index < -0.39 is 0 Å². The highest BCUT2D eigenvalue weighted by atomic mass is 32.1. The lowest BCUT2D eigenvalue weighted by Gasteiger charge is -2.40. The number of hydrogen-bond donors (Lipinski definition) is 0. The first-order valence-electron chi connectivity index (χ1n) is 8.59. The Morgan fingerprint density at radius 3 is 2.92 bits per heavy atom. The number of amides is 1. The summed E-state index contributed by atoms with van der Waals surface area (Å²) >= 11 is 3.31. The molecule has 0 radical (unpaired) electrons. The number of rotatable bonds is 3. The lowest BCUT2D eigenvalue weighted by molar-refractivity contribution is 0.0678. The van der Waals surface area contributed by atoms with Crippen molar-refractivity contribution in [2.75, 3.05) is 26.2 Å². The van der Waals surface area contributed by atoms with Crippen molar-refractivity contribution in [2.45, 2.75) is 32.7 Å². The molecule has 128 valence electrons. The molecule has 24 heavy (non-hydrogen) atoms. The van der Waals surface area contributed by atoms with Crippen molar-refractivity contribution in [3.05, 3.63) is 38.5 Å². The van der Waals surface area contributed by atoms with Gasteiger partial charge in [-0.2, -0.15) is 0 Å². The van der Waals surface area contributed by atoms with Crippen LogP contribution in [0.15, 0.2) is 23.0 Å². The third-order valence-electron chi connectivity index (χ3n) is 5.36. The number of hydrogen-bond acceptors (Lipinski definition) is 5. The van der Waals surface area contributed by atoms with Gasteiger partial charge in [-0.25, -0.2) is 4.98 Å². The van der Waals surface area contributed by atoms with E-state index in [9.17, 15) is 4.79 Å². The zero-order valence-electron chi connectivity index (χ0n) is 14.0. The highest BCUT2D eigenvalue weighted by Crippen LogP contribution is 2.40. The Morgan fingerprint density at radius 1 is 1.25 bits per heavy atom. The fourth-order valence-electron chi connectivity index (χ4n) is 4.14. The Kier molecular flexibility index (Phi) is 4.45. The molecule has 1 atom stereocenters. The zero-order valence-corrected chi connectivity index (χ0v) is 15.7. The van der Waals surface area contributed by atoms with E-state index in [0.717, 1.165) is 49.6 Å². The lowest BCUT2D eigenvalue weighted by atomic mass is 9.79. The van der Waals surface area contributed by atoms with Gasteiger partial charge >= 0.3 is 0 Å². The van der Waals surface area contributed by atoms with E-state index in [1.54, 1.807) is 22.7 Å². The van der Waals surface area contributed by atoms with Crippen molar-refractivity contribution in [1.82, 2.24) is 14.8 Å². The Balaban J connectivity index is 1.43. The number of aryl methyl sites for hydroxylation is 1. The molecule has 4 nitrogen and oxygen atoms in total. The van der Waals surface area contributed by atoms with Gasteiger partial charge in [0.1, 0.15) is 5.01 Å². The number of likely N-dealkylation sites (tertiary alicyclic amines) is 2. The largest absolute Gasteiger partial charge is 0.337 e. The third-order valence-corrected chi connectivity index (χ3v) is 7.13. The van der Waals surface area contributed by atoms with Gasteiger partial charge in [-0.1, -0.05) is 0 Å². The van der Waals surface area contributed by atoms with Gasteiger partial charge in [0.05, 0.1) is 11.4 Å². The Morgan fingerprint density at radius 2 is 2.17 bits per heavy atom. The van der Waals surface area contributed by atoms with Gasteiger partial charge in [0.2, 0.25) is 0 Å². The van der Waals surface area contributed by atoms with E-state index in [0.29, 0.717) is 0 Å². The van der Waals surface area contributed by atoms with Crippen molar-refractivity contribution in [1.29, 1.82) is 0 Å². The first-order chi connectivity index (χ1) is 11.7. The minimum Gasteiger partial charge on any atom is -0.337 e. The minimum atomic E-state index is 0.233. The number of thiophene rings is 1. The maximum absolute atomic E-state index is 12.8. The second-order valence-corrected chi connectivity index (χ2v) is 9.04. The molecule has 0 unspecified atom stereocenters. The molecule has 1 spiro atoms. The van der Waals surface area contributed by atoms with Crippen LogP contribution in [-0.2, 0) is 6.54 Å². The van der Waals surface area contributed by atoms with E-state index in [2.05, 4.69) is 14.8 Å². The van der Waals surface area contributed by atoms with Gasteiger partial charge in [-0.05, 0) is 49.7 Å². The predicted molar refractivity (Wildman–Crippen MR) is 98.6 cm³/mol. The van der Waals surface area contributed by atoms with E-state index in [1.165, 1.54) is 17.8 Å². The monoisotopic (exact) mass is 361 g/mol. The summed E-state index contributed by atoms with van der Waals surface area (Å²) in [5, 5.41) is 5.27. The molecule has 0 saturated carbocycles. The van der Waals surface area contributed by atoms with Crippen molar-refractivity contribution in [3.8, 4) is 0 Å². The molecule has 4 heterocycles. The van der Waals surface area contributed by atoms with Crippen LogP contribution in [0.5, 0.6) is 0 Å². The van der Waals surface area contributed by atoms with Gasteiger partial charge in [0.15, 0.2) is 0 Å². The first-order valence-corrected chi connectivity index (χ1v) is 10.4. The number of nitrogens with zero attached hydrogens (tertiary/aromatic N) is 3. The second kappa shape index (κ2) is 6.58. The average Bonchev–Trinajstić information content (AvgIpc) is 3.29. The SMILES string of the molecule is Cc1ccsc1C(=O)N1CC[C@@]2(CCCN(Cc3nccs3)C2)C1. The number of carbonyl (C=O) groups excluding carboxylic acids is 1. The van der Waals surface area contributed by atoms with Crippen molar-refractivity contribution >= 4 is 28.6 Å². The fourth-order valence-corrected chi connectivity index (χ4v) is 5.69. The Hall–Kier alpha value is -1.24. The smallest absolute Gasteiger partial charge is 0.264 e. The fraction of sp³-hybridized carbons (Fsp3) is 0.556. The van der Waals surface area contributed by atoms with Crippen LogP contribution in [0.25, 0.3) is 0 Å². The van der Waals surface area contributed by atoms with Crippen molar-refractivity contribution in [2.24, 2.45) is 5.41 Å². The average molecular weight is 362 g/mol. The Labute approximate surface area is 151 Å². The quantitative estimate of drug-likeness (QED) is 0.837. The Bertz CT molecular complexity index is 712. The number of piperidine rings is 1. The normalized spacial score (nSPS) is 24.8. The van der Waals surface area contributed by atoms with Crippen LogP contribution >= 0.6 is 22.7 Å². The molecule has 1 amide bonds. The van der Waals surface area contributed by atoms with Gasteiger partial charge in [-0.15, -0.1) is 22.7 Å². The van der Waals surface area contributed by atoms with Crippen LogP contribution in [0.2, 0.25) is 0 Å². The highest BCUT2D eigenvalue weighted by molar-refractivity contribution is 7.12. The predicted octanol–water partition coefficient (Wildman–Crippen LogP) is 3.64. The van der Waals surface area contributed by atoms with Crippen LogP contribution in [-0.4, -0.2) is 46.9 Å². The molecule has 2 aliphatic rings. The molecule has 0 aliphatic carbocycles. The highest BCUT2D eigenvalue weighted by Gasteiger charge is 2.43. The van der Waals surface area contributed by atoms with Crippen LogP contribution in [0.1, 0.15) is 39.5 Å². The number of aromatic nitrogens is 1. The van der Waals surface area contributed by atoms with Crippen LogP contribution < -0.4 is 0 Å². The summed E-state index contributed by atoms with van der Waals surface area (Å²) in [6, 6.07) is 2.04. The van der Waals surface area contributed by atoms with Crippen LogP contribution in [0.4, 0.5) is 0 Å². The first kappa shape index (κ1) is 16.2. The molecular weight excluding hydrogens is 338 g/mol. The summed E-state index contributed by atoms with van der Waals surface area (Å²) in [6.07, 6.45) is 5.50. The molecule has 6 heteroatoms. The molecule has 2 aromatic rings. The molecule has 0 N–H and O–H groups in total. The molecule has 0 bridgehead atoms. The van der Waals surface area contributed by atoms with Crippen molar-refractivity contribution < 1.29 is 4.79 Å². The van der Waals surface area contributed by atoms with E-state index in [4.69, 9.17) is 0 Å². The molecule has 2 saturated heterocycles. The maximum atomic E-state index is 12.8. The van der Waals surface area contributed by atoms with E-state index in [-0.39, 0.29) is 11.3 Å². The van der Waals surface area contributed by atoms with E-state index >= 15 is 0 Å². The standard InChI is InChI=1S/C18H23N3OS2/c1-14-3-9-24-16(14)17(22)21-8-5-18(13-21)4-2-7-20(12-18)11-15-19-6-10-23-15/h3,6,9-10H,2,4-5,7-8,11-13H2,1H3/t18-/m1/s1. The van der Waals surface area contributed by atoms with Gasteiger partial charge in [0.25, 0.3) is 5.91 Å². The summed E-state index contributed by atoms with van der Waals surface area (Å²) < 4.78 is 0. The lowest BCUT2D eigenvalue weighted by Crippen LogP contribution is -2.45. The van der Waals surface area contributed by atoms with Crippen LogP contribution in [0.3, 0.4) is 0 Å². The molecular formula is C18H23N3OS2. The third kappa shape index (κ3) is 3.15. The van der Waals surface area contributed by atoms with Crippen molar-refractivity contribution in [3.63, 3.8) is 0 Å². The molecule has 2 aliphatic heterocycles. The molecule has 4 rings (SSSR count). The van der Waals surface area contributed by atoms with Crippen LogP contribution in [0, 0.1) is 12.3 Å². The summed E-state index contributed by atoms with van der Waals surface area (Å²) in [6.45, 7) is 7.06. The topological polar surface area (TPSA) is 36.4 Å². The van der Waals surface area contributed by atoms with Gasteiger partial charge in [-0.3, -0.25) is 9.69 Å². The zero-order chi connectivity index (χ0) is 16.6. The summed E-state index contributed by atoms with van der Waals surface area (Å²) in [4.78, 5) is 22.8. The maximum Gasteiger partial charge on any atom is 0.264 e. The molecule has 0 aromatic carbocycles. The molecule has 2 fully saturated rings. The van der Waals surface area contributed by atoms with Gasteiger partial charge < -0.3 is 4.90 Å². The van der Waals surface area contributed by atoms with Gasteiger partial charge in [0, 0.05) is 36.6 Å². The summed E-state index contributed by atoms with van der Waals surface area (Å²) in [5.41, 5.74) is 1.40. The summed E-state index contributed by atoms with van der Waals surface area (Å²) in [7, 11) is 0. The minimum absolute atomic E-state index is 0.233. The summed E-state index contributed by atoms with van der Waals surface area (Å²) in [5.74, 6) is 0.233. The second-order valence-electron chi connectivity index (χ2n) is 7.15. The number of carbonyl (C=O) groups is 1. The molecule has 2 aromatic heterocycles. The number of thiazole rings is 1.